The van der Waals surface area contributed by atoms with Crippen LogP contribution in [0, 0.1) is 6.92 Å². The van der Waals surface area contributed by atoms with Crippen molar-refractivity contribution in [2.24, 2.45) is 0 Å². The molecule has 0 amide bonds. The lowest BCUT2D eigenvalue weighted by Crippen LogP contribution is -2.05. The highest BCUT2D eigenvalue weighted by atomic mass is 35.7. The number of hydrogen-bond donors (Lipinski definition) is 0. The van der Waals surface area contributed by atoms with Gasteiger partial charge in [0.15, 0.2) is 0 Å². The minimum atomic E-state index is -3.83. The van der Waals surface area contributed by atoms with E-state index in [1.165, 1.54) is 0 Å². The monoisotopic (exact) mass is 234 g/mol. The van der Waals surface area contributed by atoms with Crippen molar-refractivity contribution in [3.8, 4) is 0 Å². The van der Waals surface area contributed by atoms with E-state index in [0.717, 1.165) is 0 Å². The maximum atomic E-state index is 11.0. The highest BCUT2D eigenvalue weighted by Crippen LogP contribution is 2.16. The van der Waals surface area contributed by atoms with Crippen LogP contribution in [0.25, 0.3) is 0 Å². The van der Waals surface area contributed by atoms with Crippen LogP contribution in [0.1, 0.15) is 31.2 Å². The van der Waals surface area contributed by atoms with Crippen molar-refractivity contribution in [3.05, 3.63) is 17.5 Å². The molecule has 0 spiro atoms. The molecule has 0 radical (unpaired) electrons. The van der Waals surface area contributed by atoms with Gasteiger partial charge in [0.25, 0.3) is 14.2 Å². The largest absolute Gasteiger partial charge is 0.296 e. The van der Waals surface area contributed by atoms with Crippen molar-refractivity contribution in [2.75, 3.05) is 0 Å². The average Bonchev–Trinajstić information content (AvgIpc) is 2.01. The zero-order chi connectivity index (χ0) is 10.9. The van der Waals surface area contributed by atoms with Gasteiger partial charge in [-0.05, 0) is 18.9 Å². The normalized spacial score (nSPS) is 12.1. The van der Waals surface area contributed by atoms with Gasteiger partial charge in [-0.15, -0.1) is 0 Å². The standard InChI is InChI=1S/C8H11ClN2O2S/c1-5(2)7-4-6(3)10-8(11-7)14(9,12)13/h4-5H,1-3H3. The topological polar surface area (TPSA) is 59.9 Å². The van der Waals surface area contributed by atoms with Gasteiger partial charge in [0.1, 0.15) is 0 Å². The first-order valence-electron chi connectivity index (χ1n) is 4.11. The Balaban J connectivity index is 3.35. The van der Waals surface area contributed by atoms with Crippen molar-refractivity contribution >= 4 is 19.7 Å². The SMILES string of the molecule is Cc1cc(C(C)C)nc(S(=O)(=O)Cl)n1. The lowest BCUT2D eigenvalue weighted by Gasteiger charge is -2.06. The fraction of sp³-hybridized carbons (Fsp3) is 0.500. The minimum absolute atomic E-state index is 0.147. The number of halogens is 1. The summed E-state index contributed by atoms with van der Waals surface area (Å²) in [5, 5.41) is -0.317. The molecule has 0 saturated carbocycles. The maximum absolute atomic E-state index is 11.0. The van der Waals surface area contributed by atoms with E-state index in [1.807, 2.05) is 13.8 Å². The molecule has 0 aliphatic heterocycles. The van der Waals surface area contributed by atoms with Gasteiger partial charge >= 0.3 is 0 Å². The van der Waals surface area contributed by atoms with Crippen molar-refractivity contribution in [1.29, 1.82) is 0 Å². The number of rotatable bonds is 2. The third-order valence-corrected chi connectivity index (χ3v) is 2.70. The third kappa shape index (κ3) is 2.65. The van der Waals surface area contributed by atoms with Crippen LogP contribution in [-0.4, -0.2) is 18.4 Å². The molecular weight excluding hydrogens is 224 g/mol. The molecule has 0 N–H and O–H groups in total. The summed E-state index contributed by atoms with van der Waals surface area (Å²) < 4.78 is 22.0. The fourth-order valence-corrected chi connectivity index (χ4v) is 1.64. The van der Waals surface area contributed by atoms with Gasteiger partial charge in [0.2, 0.25) is 0 Å². The molecule has 0 aromatic carbocycles. The summed E-state index contributed by atoms with van der Waals surface area (Å²) in [5.41, 5.74) is 1.28. The predicted octanol–water partition coefficient (Wildman–Crippen LogP) is 1.84. The molecule has 0 aliphatic carbocycles. The molecule has 1 heterocycles. The summed E-state index contributed by atoms with van der Waals surface area (Å²) in [7, 11) is 1.32. The molecule has 1 rings (SSSR count). The lowest BCUT2D eigenvalue weighted by atomic mass is 10.1. The molecule has 0 bridgehead atoms. The van der Waals surface area contributed by atoms with Gasteiger partial charge in [0, 0.05) is 22.1 Å². The van der Waals surface area contributed by atoms with E-state index in [1.54, 1.807) is 13.0 Å². The van der Waals surface area contributed by atoms with E-state index in [4.69, 9.17) is 10.7 Å². The Morgan fingerprint density at radius 1 is 1.36 bits per heavy atom. The number of aryl methyl sites for hydroxylation is 1. The summed E-state index contributed by atoms with van der Waals surface area (Å²) in [6.07, 6.45) is 0. The second-order valence-corrected chi connectivity index (χ2v) is 5.77. The molecule has 0 fully saturated rings. The molecule has 0 saturated heterocycles. The van der Waals surface area contributed by atoms with E-state index in [-0.39, 0.29) is 11.1 Å². The Labute approximate surface area is 87.8 Å². The molecule has 78 valence electrons. The first kappa shape index (κ1) is 11.4. The second-order valence-electron chi connectivity index (χ2n) is 3.31. The summed E-state index contributed by atoms with van der Waals surface area (Å²) in [5.74, 6) is 0.147. The van der Waals surface area contributed by atoms with Crippen LogP contribution in [0.15, 0.2) is 11.2 Å². The number of hydrogen-bond acceptors (Lipinski definition) is 4. The van der Waals surface area contributed by atoms with E-state index in [0.29, 0.717) is 11.4 Å². The van der Waals surface area contributed by atoms with Crippen LogP contribution in [0.4, 0.5) is 0 Å². The summed E-state index contributed by atoms with van der Waals surface area (Å²) in [6.45, 7) is 5.55. The Kier molecular flexibility index (Phi) is 3.11. The summed E-state index contributed by atoms with van der Waals surface area (Å²) in [6, 6.07) is 1.75. The molecule has 0 aliphatic rings. The van der Waals surface area contributed by atoms with E-state index < -0.39 is 9.05 Å². The summed E-state index contributed by atoms with van der Waals surface area (Å²) in [4.78, 5) is 7.63. The molecule has 1 aromatic rings. The van der Waals surface area contributed by atoms with Gasteiger partial charge in [-0.1, -0.05) is 13.8 Å². The van der Waals surface area contributed by atoms with Crippen molar-refractivity contribution in [1.82, 2.24) is 9.97 Å². The van der Waals surface area contributed by atoms with Gasteiger partial charge in [-0.3, -0.25) is 0 Å². The van der Waals surface area contributed by atoms with Gasteiger partial charge in [0.05, 0.1) is 0 Å². The lowest BCUT2D eigenvalue weighted by molar-refractivity contribution is 0.598. The van der Waals surface area contributed by atoms with Crippen LogP contribution in [0.3, 0.4) is 0 Å². The van der Waals surface area contributed by atoms with Gasteiger partial charge in [-0.2, -0.15) is 0 Å². The molecule has 4 nitrogen and oxygen atoms in total. The number of aromatic nitrogens is 2. The highest BCUT2D eigenvalue weighted by molar-refractivity contribution is 8.13. The third-order valence-electron chi connectivity index (χ3n) is 1.66. The predicted molar refractivity (Wildman–Crippen MR) is 53.9 cm³/mol. The number of nitrogens with zero attached hydrogens (tertiary/aromatic N) is 2. The van der Waals surface area contributed by atoms with Crippen LogP contribution >= 0.6 is 10.7 Å². The van der Waals surface area contributed by atoms with Gasteiger partial charge in [-0.25, -0.2) is 18.4 Å². The summed E-state index contributed by atoms with van der Waals surface area (Å²) >= 11 is 0. The fourth-order valence-electron chi connectivity index (χ4n) is 0.970. The molecule has 0 unspecified atom stereocenters. The van der Waals surface area contributed by atoms with Crippen LogP contribution in [-0.2, 0) is 9.05 Å². The van der Waals surface area contributed by atoms with Crippen molar-refractivity contribution < 1.29 is 8.42 Å². The van der Waals surface area contributed by atoms with Crippen LogP contribution in [0.5, 0.6) is 0 Å². The van der Waals surface area contributed by atoms with Crippen molar-refractivity contribution in [2.45, 2.75) is 31.8 Å². The Morgan fingerprint density at radius 2 is 1.93 bits per heavy atom. The first-order valence-corrected chi connectivity index (χ1v) is 6.42. The Morgan fingerprint density at radius 3 is 2.36 bits per heavy atom. The van der Waals surface area contributed by atoms with Crippen molar-refractivity contribution in [3.63, 3.8) is 0 Å². The maximum Gasteiger partial charge on any atom is 0.296 e. The van der Waals surface area contributed by atoms with Crippen LogP contribution in [0.2, 0.25) is 0 Å². The smallest absolute Gasteiger partial charge is 0.223 e. The Hall–Kier alpha value is -0.680. The first-order chi connectivity index (χ1) is 6.30. The highest BCUT2D eigenvalue weighted by Gasteiger charge is 2.16. The van der Waals surface area contributed by atoms with E-state index in [2.05, 4.69) is 9.97 Å². The van der Waals surface area contributed by atoms with E-state index >= 15 is 0 Å². The Bertz CT molecular complexity index is 443. The molecule has 14 heavy (non-hydrogen) atoms. The van der Waals surface area contributed by atoms with Gasteiger partial charge < -0.3 is 0 Å². The quantitative estimate of drug-likeness (QED) is 0.579. The average molecular weight is 235 g/mol. The second kappa shape index (κ2) is 3.82. The molecule has 1 aromatic heterocycles. The molecule has 6 heteroatoms. The minimum Gasteiger partial charge on any atom is -0.223 e. The molecule has 0 atom stereocenters. The zero-order valence-electron chi connectivity index (χ0n) is 8.15. The molecular formula is C8H11ClN2O2S. The van der Waals surface area contributed by atoms with E-state index in [9.17, 15) is 8.42 Å². The zero-order valence-corrected chi connectivity index (χ0v) is 9.72. The van der Waals surface area contributed by atoms with Crippen LogP contribution < -0.4 is 0 Å².